The Labute approximate surface area is 168 Å². The number of rotatable bonds is 5. The van der Waals surface area contributed by atoms with E-state index in [-0.39, 0.29) is 16.3 Å². The van der Waals surface area contributed by atoms with E-state index in [1.807, 2.05) is 19.1 Å². The molecule has 1 aromatic heterocycles. The fourth-order valence-electron chi connectivity index (χ4n) is 3.44. The molecule has 1 atom stereocenters. The Balaban J connectivity index is 1.87. The van der Waals surface area contributed by atoms with E-state index in [1.54, 1.807) is 42.5 Å². The summed E-state index contributed by atoms with van der Waals surface area (Å²) in [7, 11) is -4.10. The fourth-order valence-corrected chi connectivity index (χ4v) is 5.11. The quantitative estimate of drug-likeness (QED) is 0.690. The van der Waals surface area contributed by atoms with Crippen molar-refractivity contribution in [1.29, 1.82) is 0 Å². The number of aliphatic hydroxyl groups is 1. The monoisotopic (exact) mass is 409 g/mol. The summed E-state index contributed by atoms with van der Waals surface area (Å²) in [6, 6.07) is 17.4. The van der Waals surface area contributed by atoms with E-state index in [0.29, 0.717) is 11.3 Å². The van der Waals surface area contributed by atoms with Crippen molar-refractivity contribution >= 4 is 15.7 Å². The zero-order valence-corrected chi connectivity index (χ0v) is 16.5. The second-order valence-corrected chi connectivity index (χ2v) is 8.77. The molecule has 148 valence electrons. The largest absolute Gasteiger partial charge is 0.502 e. The van der Waals surface area contributed by atoms with Gasteiger partial charge in [0, 0.05) is 0 Å². The molecule has 0 radical (unpaired) electrons. The first-order chi connectivity index (χ1) is 13.9. The number of aryl methyl sites for hydroxylation is 1. The molecule has 0 fully saturated rings. The SMILES string of the molecule is Cc1ccc(C2C(S(=O)(=O)c3ccccc3)=C(O)C(=O)N2Cc2ccco2)cc1. The Morgan fingerprint density at radius 3 is 2.31 bits per heavy atom. The summed E-state index contributed by atoms with van der Waals surface area (Å²) in [5.41, 5.74) is 1.59. The standard InChI is InChI=1S/C22H19NO5S/c1-15-9-11-16(12-10-15)19-21(29(26,27)18-7-3-2-4-8-18)20(24)22(25)23(19)14-17-6-5-13-28-17/h2-13,19,24H,14H2,1H3. The third-order valence-electron chi connectivity index (χ3n) is 4.90. The molecule has 2 aromatic carbocycles. The minimum absolute atomic E-state index is 0.0197. The number of hydrogen-bond acceptors (Lipinski definition) is 5. The Bertz CT molecular complexity index is 1160. The minimum atomic E-state index is -4.10. The Morgan fingerprint density at radius 2 is 1.69 bits per heavy atom. The van der Waals surface area contributed by atoms with E-state index < -0.39 is 27.5 Å². The predicted octanol–water partition coefficient (Wildman–Crippen LogP) is 3.92. The van der Waals surface area contributed by atoms with Crippen LogP contribution in [-0.4, -0.2) is 24.3 Å². The minimum Gasteiger partial charge on any atom is -0.502 e. The van der Waals surface area contributed by atoms with E-state index in [1.165, 1.54) is 23.3 Å². The second kappa shape index (κ2) is 7.25. The van der Waals surface area contributed by atoms with Crippen LogP contribution in [0.1, 0.15) is 22.9 Å². The number of carbonyl (C=O) groups is 1. The molecule has 0 spiro atoms. The van der Waals surface area contributed by atoms with Gasteiger partial charge in [0.1, 0.15) is 10.7 Å². The van der Waals surface area contributed by atoms with E-state index in [4.69, 9.17) is 4.42 Å². The zero-order valence-electron chi connectivity index (χ0n) is 15.6. The summed E-state index contributed by atoms with van der Waals surface area (Å²) in [4.78, 5) is 13.9. The number of aliphatic hydroxyl groups excluding tert-OH is 1. The first kappa shape index (κ1) is 19.0. The van der Waals surface area contributed by atoms with E-state index in [0.717, 1.165) is 5.56 Å². The molecule has 6 nitrogen and oxygen atoms in total. The summed E-state index contributed by atoms with van der Waals surface area (Å²) < 4.78 is 32.1. The molecule has 3 aromatic rings. The highest BCUT2D eigenvalue weighted by Gasteiger charge is 2.47. The lowest BCUT2D eigenvalue weighted by Crippen LogP contribution is -2.30. The van der Waals surface area contributed by atoms with Crippen LogP contribution in [0.4, 0.5) is 0 Å². The molecule has 2 heterocycles. The first-order valence-corrected chi connectivity index (χ1v) is 10.5. The summed E-state index contributed by atoms with van der Waals surface area (Å²) in [6.45, 7) is 1.95. The van der Waals surface area contributed by atoms with Crippen molar-refractivity contribution in [3.8, 4) is 0 Å². The van der Waals surface area contributed by atoms with Gasteiger partial charge in [-0.15, -0.1) is 0 Å². The third-order valence-corrected chi connectivity index (χ3v) is 6.79. The van der Waals surface area contributed by atoms with Gasteiger partial charge in [0.05, 0.1) is 23.7 Å². The van der Waals surface area contributed by atoms with Gasteiger partial charge in [0.2, 0.25) is 9.84 Å². The molecule has 1 aliphatic heterocycles. The van der Waals surface area contributed by atoms with E-state index in [9.17, 15) is 18.3 Å². The van der Waals surface area contributed by atoms with E-state index in [2.05, 4.69) is 0 Å². The molecule has 4 rings (SSSR count). The molecule has 1 aliphatic rings. The van der Waals surface area contributed by atoms with Crippen LogP contribution in [0.15, 0.2) is 93.0 Å². The van der Waals surface area contributed by atoms with Crippen molar-refractivity contribution in [2.24, 2.45) is 0 Å². The van der Waals surface area contributed by atoms with Crippen LogP contribution < -0.4 is 0 Å². The van der Waals surface area contributed by atoms with Crippen molar-refractivity contribution in [2.75, 3.05) is 0 Å². The topological polar surface area (TPSA) is 87.8 Å². The van der Waals surface area contributed by atoms with Crippen molar-refractivity contribution in [2.45, 2.75) is 24.4 Å². The first-order valence-electron chi connectivity index (χ1n) is 9.03. The van der Waals surface area contributed by atoms with Crippen molar-refractivity contribution in [3.05, 3.63) is 101 Å². The van der Waals surface area contributed by atoms with Crippen LogP contribution in [0, 0.1) is 6.92 Å². The van der Waals surface area contributed by atoms with Gasteiger partial charge < -0.3 is 14.4 Å². The van der Waals surface area contributed by atoms with E-state index >= 15 is 0 Å². The predicted molar refractivity (Wildman–Crippen MR) is 106 cm³/mol. The molecule has 0 bridgehead atoms. The lowest BCUT2D eigenvalue weighted by atomic mass is 10.0. The molecular formula is C22H19NO5S. The molecule has 0 saturated heterocycles. The maximum Gasteiger partial charge on any atom is 0.291 e. The molecule has 1 unspecified atom stereocenters. The highest BCUT2D eigenvalue weighted by molar-refractivity contribution is 7.95. The highest BCUT2D eigenvalue weighted by Crippen LogP contribution is 2.43. The molecule has 29 heavy (non-hydrogen) atoms. The normalized spacial score (nSPS) is 17.2. The number of carbonyl (C=O) groups excluding carboxylic acids is 1. The van der Waals surface area contributed by atoms with Gasteiger partial charge >= 0.3 is 0 Å². The molecule has 0 aliphatic carbocycles. The highest BCUT2D eigenvalue weighted by atomic mass is 32.2. The van der Waals surface area contributed by atoms with Crippen molar-refractivity contribution in [3.63, 3.8) is 0 Å². The van der Waals surface area contributed by atoms with Gasteiger partial charge in [-0.3, -0.25) is 4.79 Å². The summed E-state index contributed by atoms with van der Waals surface area (Å²) in [5.74, 6) is -1.02. The number of sulfone groups is 1. The van der Waals surface area contributed by atoms with Crippen molar-refractivity contribution < 1.29 is 22.7 Å². The Morgan fingerprint density at radius 1 is 1.00 bits per heavy atom. The fraction of sp³-hybridized carbons (Fsp3) is 0.136. The van der Waals surface area contributed by atoms with Gasteiger partial charge in [-0.2, -0.15) is 0 Å². The molecule has 0 saturated carbocycles. The second-order valence-electron chi connectivity index (χ2n) is 6.85. The summed E-state index contributed by atoms with van der Waals surface area (Å²) in [6.07, 6.45) is 1.48. The third kappa shape index (κ3) is 3.34. The number of furan rings is 1. The maximum absolute atomic E-state index is 13.4. The van der Waals surface area contributed by atoms with Crippen LogP contribution >= 0.6 is 0 Å². The van der Waals surface area contributed by atoms with Gasteiger partial charge in [-0.25, -0.2) is 8.42 Å². The van der Waals surface area contributed by atoms with Gasteiger partial charge in [-0.1, -0.05) is 48.0 Å². The lowest BCUT2D eigenvalue weighted by Gasteiger charge is -2.26. The molecule has 1 N–H and O–H groups in total. The number of amides is 1. The number of nitrogens with zero attached hydrogens (tertiary/aromatic N) is 1. The molecular weight excluding hydrogens is 390 g/mol. The Kier molecular flexibility index (Phi) is 4.76. The van der Waals surface area contributed by atoms with Crippen LogP contribution in [0.5, 0.6) is 0 Å². The van der Waals surface area contributed by atoms with Crippen LogP contribution in [0.25, 0.3) is 0 Å². The van der Waals surface area contributed by atoms with Gasteiger partial charge in [0.15, 0.2) is 5.76 Å². The smallest absolute Gasteiger partial charge is 0.291 e. The van der Waals surface area contributed by atoms with Gasteiger partial charge in [0.25, 0.3) is 5.91 Å². The van der Waals surface area contributed by atoms with Gasteiger partial charge in [-0.05, 0) is 36.8 Å². The maximum atomic E-state index is 13.4. The molecule has 1 amide bonds. The Hall–Kier alpha value is -3.32. The summed E-state index contributed by atoms with van der Waals surface area (Å²) in [5, 5.41) is 10.6. The van der Waals surface area contributed by atoms with Crippen LogP contribution in [0.3, 0.4) is 0 Å². The van der Waals surface area contributed by atoms with Crippen LogP contribution in [-0.2, 0) is 21.2 Å². The number of hydrogen-bond donors (Lipinski definition) is 1. The average Bonchev–Trinajstić information content (AvgIpc) is 3.32. The molecule has 7 heteroatoms. The zero-order chi connectivity index (χ0) is 20.6. The van der Waals surface area contributed by atoms with Crippen molar-refractivity contribution in [1.82, 2.24) is 4.90 Å². The van der Waals surface area contributed by atoms with Crippen LogP contribution in [0.2, 0.25) is 0 Å². The summed E-state index contributed by atoms with van der Waals surface area (Å²) >= 11 is 0. The number of benzene rings is 2. The lowest BCUT2D eigenvalue weighted by molar-refractivity contribution is -0.130. The average molecular weight is 409 g/mol.